The summed E-state index contributed by atoms with van der Waals surface area (Å²) in [5.74, 6) is 2.91. The predicted molar refractivity (Wildman–Crippen MR) is 133 cm³/mol. The number of aryl methyl sites for hydroxylation is 4. The number of halogens is 1. The Kier molecular flexibility index (Phi) is 5.07. The lowest BCUT2D eigenvalue weighted by molar-refractivity contribution is 0.393. The molecule has 9 heteroatoms. The van der Waals surface area contributed by atoms with Crippen LogP contribution in [0, 0.1) is 27.7 Å². The summed E-state index contributed by atoms with van der Waals surface area (Å²) in [6, 6.07) is 7.90. The van der Waals surface area contributed by atoms with Crippen molar-refractivity contribution in [2.45, 2.75) is 40.7 Å². The van der Waals surface area contributed by atoms with Gasteiger partial charge in [-0.1, -0.05) is 21.9 Å². The van der Waals surface area contributed by atoms with E-state index in [2.05, 4.69) is 21.3 Å². The van der Waals surface area contributed by atoms with Crippen LogP contribution in [-0.2, 0) is 13.0 Å². The van der Waals surface area contributed by atoms with Crippen molar-refractivity contribution in [1.82, 2.24) is 25.3 Å². The second kappa shape index (κ2) is 8.16. The molecular weight excluding hydrogens is 464 g/mol. The number of hydrogen-bond acceptors (Lipinski definition) is 8. The van der Waals surface area contributed by atoms with Crippen LogP contribution < -0.4 is 4.90 Å². The Morgan fingerprint density at radius 1 is 0.914 bits per heavy atom. The first-order valence-electron chi connectivity index (χ1n) is 11.5. The Morgan fingerprint density at radius 3 is 2.37 bits per heavy atom. The maximum absolute atomic E-state index is 6.38. The molecule has 1 aliphatic rings. The smallest absolute Gasteiger partial charge is 0.167 e. The molecule has 1 aliphatic heterocycles. The highest BCUT2D eigenvalue weighted by atomic mass is 35.5. The average molecular weight is 487 g/mol. The highest BCUT2D eigenvalue weighted by Gasteiger charge is 2.25. The van der Waals surface area contributed by atoms with E-state index in [0.29, 0.717) is 23.2 Å². The summed E-state index contributed by atoms with van der Waals surface area (Å²) in [4.78, 5) is 16.9. The molecule has 1 aromatic carbocycles. The molecule has 0 atom stereocenters. The van der Waals surface area contributed by atoms with E-state index >= 15 is 0 Å². The van der Waals surface area contributed by atoms with E-state index in [4.69, 9.17) is 35.6 Å². The third kappa shape index (κ3) is 3.65. The molecule has 5 heterocycles. The van der Waals surface area contributed by atoms with Gasteiger partial charge in [0.2, 0.25) is 0 Å². The Balaban J connectivity index is 1.47. The molecule has 0 spiro atoms. The van der Waals surface area contributed by atoms with Crippen molar-refractivity contribution in [2.75, 3.05) is 11.4 Å². The lowest BCUT2D eigenvalue weighted by Gasteiger charge is -2.30. The largest absolute Gasteiger partial charge is 0.361 e. The summed E-state index contributed by atoms with van der Waals surface area (Å²) < 4.78 is 10.8. The fraction of sp³-hybridized carbons (Fsp3) is 0.269. The van der Waals surface area contributed by atoms with Crippen LogP contribution in [-0.4, -0.2) is 31.8 Å². The molecule has 0 unspecified atom stereocenters. The van der Waals surface area contributed by atoms with Gasteiger partial charge in [-0.05, 0) is 57.5 Å². The van der Waals surface area contributed by atoms with Gasteiger partial charge in [0.15, 0.2) is 5.82 Å². The maximum Gasteiger partial charge on any atom is 0.167 e. The van der Waals surface area contributed by atoms with E-state index in [1.54, 1.807) is 0 Å². The van der Waals surface area contributed by atoms with Crippen LogP contribution in [0.2, 0.25) is 5.02 Å². The second-order valence-electron chi connectivity index (χ2n) is 8.93. The number of hydrogen-bond donors (Lipinski definition) is 0. The Hall–Kier alpha value is -3.78. The van der Waals surface area contributed by atoms with E-state index in [9.17, 15) is 0 Å². The van der Waals surface area contributed by atoms with Crippen LogP contribution in [0.1, 0.15) is 34.2 Å². The standard InChI is InChI=1S/C26H23ClN6O2/c1-13-23(15(3)34-31-13)17-9-18-12-33(8-7-21(18)28-11-17)26-20-10-19(27)5-6-22(20)29-25(30-26)24-14(2)32-35-16(24)4/h5-6,9-11H,7-8,12H2,1-4H3. The monoisotopic (exact) mass is 486 g/mol. The van der Waals surface area contributed by atoms with E-state index in [-0.39, 0.29) is 0 Å². The van der Waals surface area contributed by atoms with E-state index in [1.165, 1.54) is 0 Å². The number of nitrogens with zero attached hydrogens (tertiary/aromatic N) is 6. The van der Waals surface area contributed by atoms with Gasteiger partial charge in [0, 0.05) is 52.9 Å². The second-order valence-corrected chi connectivity index (χ2v) is 9.37. The van der Waals surface area contributed by atoms with Crippen LogP contribution in [0.5, 0.6) is 0 Å². The molecule has 8 nitrogen and oxygen atoms in total. The van der Waals surface area contributed by atoms with Crippen molar-refractivity contribution in [3.63, 3.8) is 0 Å². The summed E-state index contributed by atoms with van der Waals surface area (Å²) in [5.41, 5.74) is 7.52. The highest BCUT2D eigenvalue weighted by molar-refractivity contribution is 6.31. The van der Waals surface area contributed by atoms with Gasteiger partial charge in [-0.2, -0.15) is 0 Å². The summed E-state index contributed by atoms with van der Waals surface area (Å²) >= 11 is 6.38. The molecule has 0 aliphatic carbocycles. The number of aromatic nitrogens is 5. The van der Waals surface area contributed by atoms with Crippen molar-refractivity contribution in [3.05, 3.63) is 69.7 Å². The Morgan fingerprint density at radius 2 is 1.66 bits per heavy atom. The first kappa shape index (κ1) is 21.7. The summed E-state index contributed by atoms with van der Waals surface area (Å²) in [7, 11) is 0. The van der Waals surface area contributed by atoms with Crippen molar-refractivity contribution < 1.29 is 9.05 Å². The molecule has 5 aromatic rings. The first-order valence-corrected chi connectivity index (χ1v) is 11.8. The number of pyridine rings is 1. The lowest BCUT2D eigenvalue weighted by Crippen LogP contribution is -2.32. The third-order valence-corrected chi connectivity index (χ3v) is 6.79. The zero-order valence-corrected chi connectivity index (χ0v) is 20.6. The van der Waals surface area contributed by atoms with Gasteiger partial charge in [-0.15, -0.1) is 0 Å². The summed E-state index contributed by atoms with van der Waals surface area (Å²) in [5, 5.41) is 9.75. The van der Waals surface area contributed by atoms with E-state index in [1.807, 2.05) is 52.1 Å². The Labute approximate surface area is 206 Å². The van der Waals surface area contributed by atoms with Gasteiger partial charge < -0.3 is 13.9 Å². The quantitative estimate of drug-likeness (QED) is 0.316. The van der Waals surface area contributed by atoms with Gasteiger partial charge in [-0.25, -0.2) is 9.97 Å². The minimum Gasteiger partial charge on any atom is -0.361 e. The molecule has 4 aromatic heterocycles. The number of benzene rings is 1. The normalized spacial score (nSPS) is 13.5. The van der Waals surface area contributed by atoms with Crippen molar-refractivity contribution in [2.24, 2.45) is 0 Å². The fourth-order valence-electron chi connectivity index (χ4n) is 4.88. The molecule has 0 saturated carbocycles. The fourth-order valence-corrected chi connectivity index (χ4v) is 5.05. The van der Waals surface area contributed by atoms with Crippen LogP contribution in [0.25, 0.3) is 33.4 Å². The summed E-state index contributed by atoms with van der Waals surface area (Å²) in [6.45, 7) is 9.10. The minimum absolute atomic E-state index is 0.597. The van der Waals surface area contributed by atoms with Gasteiger partial charge in [0.05, 0.1) is 22.5 Å². The van der Waals surface area contributed by atoms with Crippen molar-refractivity contribution in [3.8, 4) is 22.5 Å². The predicted octanol–water partition coefficient (Wildman–Crippen LogP) is 5.78. The molecule has 6 rings (SSSR count). The minimum atomic E-state index is 0.597. The number of anilines is 1. The van der Waals surface area contributed by atoms with Crippen LogP contribution in [0.3, 0.4) is 0 Å². The molecule has 0 saturated heterocycles. The molecule has 0 N–H and O–H groups in total. The zero-order valence-electron chi connectivity index (χ0n) is 19.9. The van der Waals surface area contributed by atoms with Gasteiger partial charge in [0.1, 0.15) is 17.3 Å². The zero-order chi connectivity index (χ0) is 24.3. The van der Waals surface area contributed by atoms with E-state index in [0.717, 1.165) is 74.8 Å². The molecule has 35 heavy (non-hydrogen) atoms. The third-order valence-electron chi connectivity index (χ3n) is 6.56. The first-order chi connectivity index (χ1) is 16.9. The van der Waals surface area contributed by atoms with Crippen LogP contribution in [0.15, 0.2) is 39.5 Å². The molecule has 0 fully saturated rings. The van der Waals surface area contributed by atoms with Crippen LogP contribution in [0.4, 0.5) is 5.82 Å². The highest BCUT2D eigenvalue weighted by Crippen LogP contribution is 2.35. The van der Waals surface area contributed by atoms with Crippen molar-refractivity contribution >= 4 is 28.3 Å². The lowest BCUT2D eigenvalue weighted by atomic mass is 9.99. The Bertz CT molecular complexity index is 1570. The van der Waals surface area contributed by atoms with Gasteiger partial charge >= 0.3 is 0 Å². The van der Waals surface area contributed by atoms with E-state index < -0.39 is 0 Å². The molecule has 0 amide bonds. The number of fused-ring (bicyclic) bond motifs is 2. The average Bonchev–Trinajstić information content (AvgIpc) is 3.37. The van der Waals surface area contributed by atoms with Gasteiger partial charge in [0.25, 0.3) is 0 Å². The molecule has 0 radical (unpaired) electrons. The van der Waals surface area contributed by atoms with Crippen molar-refractivity contribution in [1.29, 1.82) is 0 Å². The molecule has 0 bridgehead atoms. The summed E-state index contributed by atoms with van der Waals surface area (Å²) in [6.07, 6.45) is 2.72. The SMILES string of the molecule is Cc1noc(C)c1-c1cnc2c(c1)CN(c1nc(-c3c(C)noc3C)nc3ccc(Cl)cc13)CC2. The maximum atomic E-state index is 6.38. The molecule has 176 valence electrons. The topological polar surface area (TPSA) is 94.0 Å². The number of rotatable bonds is 3. The van der Waals surface area contributed by atoms with Crippen LogP contribution >= 0.6 is 11.6 Å². The van der Waals surface area contributed by atoms with Gasteiger partial charge in [-0.3, -0.25) is 4.98 Å². The molecular formula is C26H23ClN6O2.